The van der Waals surface area contributed by atoms with Gasteiger partial charge in [-0.1, -0.05) is 11.6 Å². The Morgan fingerprint density at radius 3 is 2.70 bits per heavy atom. The Bertz CT molecular complexity index is 531. The third-order valence-electron chi connectivity index (χ3n) is 4.85. The van der Waals surface area contributed by atoms with Crippen LogP contribution in [0.4, 0.5) is 5.69 Å². The van der Waals surface area contributed by atoms with Crippen LogP contribution in [0.25, 0.3) is 0 Å². The number of fused-ring (bicyclic) bond motifs is 2. The van der Waals surface area contributed by atoms with Gasteiger partial charge in [0, 0.05) is 36.4 Å². The van der Waals surface area contributed by atoms with Crippen LogP contribution < -0.4 is 4.90 Å². The van der Waals surface area contributed by atoms with Crippen molar-refractivity contribution < 1.29 is 4.79 Å². The van der Waals surface area contributed by atoms with Crippen molar-refractivity contribution in [2.45, 2.75) is 38.3 Å². The fraction of sp³-hybridized carbons (Fsp3) is 0.562. The van der Waals surface area contributed by atoms with E-state index in [9.17, 15) is 4.79 Å². The Morgan fingerprint density at radius 2 is 2.00 bits per heavy atom. The van der Waals surface area contributed by atoms with Crippen molar-refractivity contribution in [2.75, 3.05) is 25.0 Å². The average molecular weight is 293 g/mol. The summed E-state index contributed by atoms with van der Waals surface area (Å²) in [5.41, 5.74) is 1.75. The molecule has 2 heterocycles. The van der Waals surface area contributed by atoms with Gasteiger partial charge in [-0.25, -0.2) is 0 Å². The molecule has 0 spiro atoms. The largest absolute Gasteiger partial charge is 0.370 e. The van der Waals surface area contributed by atoms with Crippen molar-refractivity contribution in [3.8, 4) is 0 Å². The van der Waals surface area contributed by atoms with Crippen LogP contribution in [0.15, 0.2) is 18.2 Å². The van der Waals surface area contributed by atoms with E-state index >= 15 is 0 Å². The number of hydrogen-bond donors (Lipinski definition) is 0. The fourth-order valence-corrected chi connectivity index (χ4v) is 3.84. The normalized spacial score (nSPS) is 26.6. The molecule has 2 unspecified atom stereocenters. The maximum absolute atomic E-state index is 11.5. The van der Waals surface area contributed by atoms with E-state index in [4.69, 9.17) is 11.6 Å². The molecule has 0 aromatic heterocycles. The second-order valence-corrected chi connectivity index (χ2v) is 6.41. The third-order valence-corrected chi connectivity index (χ3v) is 5.16. The Balaban J connectivity index is 1.83. The lowest BCUT2D eigenvalue weighted by Gasteiger charge is -2.28. The fourth-order valence-electron chi connectivity index (χ4n) is 3.53. The first-order valence-corrected chi connectivity index (χ1v) is 7.71. The van der Waals surface area contributed by atoms with Crippen molar-refractivity contribution in [2.24, 2.45) is 0 Å². The van der Waals surface area contributed by atoms with Gasteiger partial charge in [0.05, 0.1) is 5.02 Å². The molecule has 4 heteroatoms. The molecule has 1 aromatic carbocycles. The van der Waals surface area contributed by atoms with Crippen LogP contribution in [0.3, 0.4) is 0 Å². The summed E-state index contributed by atoms with van der Waals surface area (Å²) >= 11 is 6.23. The molecule has 0 amide bonds. The van der Waals surface area contributed by atoms with E-state index in [1.54, 1.807) is 6.92 Å². The summed E-state index contributed by atoms with van der Waals surface area (Å²) in [6.45, 7) is 3.69. The van der Waals surface area contributed by atoms with Crippen LogP contribution in [-0.4, -0.2) is 42.9 Å². The number of halogens is 1. The summed E-state index contributed by atoms with van der Waals surface area (Å²) in [7, 11) is 2.25. The standard InChI is InChI=1S/C16H21ClN2O/c1-11(20)15-6-5-13(9-16(15)17)19-8-7-12-3-4-14(10-19)18(12)2/h5-6,9,12,14H,3-4,7-8,10H2,1-2H3. The van der Waals surface area contributed by atoms with Gasteiger partial charge in [0.15, 0.2) is 5.78 Å². The minimum absolute atomic E-state index is 0.0243. The predicted octanol–water partition coefficient (Wildman–Crippen LogP) is 3.22. The summed E-state index contributed by atoms with van der Waals surface area (Å²) in [4.78, 5) is 16.4. The van der Waals surface area contributed by atoms with Gasteiger partial charge in [0.1, 0.15) is 0 Å². The second kappa shape index (κ2) is 5.38. The number of carbonyl (C=O) groups is 1. The number of hydrogen-bond acceptors (Lipinski definition) is 3. The summed E-state index contributed by atoms with van der Waals surface area (Å²) < 4.78 is 0. The molecule has 2 fully saturated rings. The first kappa shape index (κ1) is 13.9. The molecule has 1 aromatic rings. The van der Waals surface area contributed by atoms with Gasteiger partial charge >= 0.3 is 0 Å². The smallest absolute Gasteiger partial charge is 0.161 e. The lowest BCUT2D eigenvalue weighted by Crippen LogP contribution is -2.36. The summed E-state index contributed by atoms with van der Waals surface area (Å²) in [5, 5.41) is 0.567. The molecule has 0 aliphatic carbocycles. The van der Waals surface area contributed by atoms with Crippen molar-refractivity contribution in [3.05, 3.63) is 28.8 Å². The van der Waals surface area contributed by atoms with Gasteiger partial charge in [-0.3, -0.25) is 9.69 Å². The van der Waals surface area contributed by atoms with Crippen LogP contribution in [0.2, 0.25) is 5.02 Å². The van der Waals surface area contributed by atoms with E-state index in [0.29, 0.717) is 16.6 Å². The maximum atomic E-state index is 11.5. The summed E-state index contributed by atoms with van der Waals surface area (Å²) in [6.07, 6.45) is 3.83. The van der Waals surface area contributed by atoms with Crippen molar-refractivity contribution in [1.82, 2.24) is 4.90 Å². The first-order valence-electron chi connectivity index (χ1n) is 7.33. The molecule has 0 radical (unpaired) electrons. The van der Waals surface area contributed by atoms with Gasteiger partial charge < -0.3 is 4.90 Å². The molecule has 108 valence electrons. The number of nitrogens with zero attached hydrogens (tertiary/aromatic N) is 2. The van der Waals surface area contributed by atoms with E-state index in [2.05, 4.69) is 16.8 Å². The summed E-state index contributed by atoms with van der Waals surface area (Å²) in [6, 6.07) is 7.21. The zero-order valence-corrected chi connectivity index (χ0v) is 12.9. The number of likely N-dealkylation sites (N-methyl/N-ethyl adjacent to an activating group) is 1. The number of anilines is 1. The lowest BCUT2D eigenvalue weighted by molar-refractivity contribution is 0.101. The van der Waals surface area contributed by atoms with Crippen molar-refractivity contribution in [3.63, 3.8) is 0 Å². The predicted molar refractivity (Wildman–Crippen MR) is 82.9 cm³/mol. The maximum Gasteiger partial charge on any atom is 0.161 e. The van der Waals surface area contributed by atoms with E-state index in [-0.39, 0.29) is 5.78 Å². The Morgan fingerprint density at radius 1 is 1.25 bits per heavy atom. The van der Waals surface area contributed by atoms with Crippen molar-refractivity contribution in [1.29, 1.82) is 0 Å². The van der Waals surface area contributed by atoms with Crippen LogP contribution in [0.5, 0.6) is 0 Å². The zero-order chi connectivity index (χ0) is 14.3. The molecule has 2 atom stereocenters. The Kier molecular flexibility index (Phi) is 3.74. The van der Waals surface area contributed by atoms with Crippen LogP contribution in [0.1, 0.15) is 36.5 Å². The van der Waals surface area contributed by atoms with E-state index in [0.717, 1.165) is 24.8 Å². The number of carbonyl (C=O) groups excluding carboxylic acids is 1. The molecule has 20 heavy (non-hydrogen) atoms. The van der Waals surface area contributed by atoms with Gasteiger partial charge in [-0.2, -0.15) is 0 Å². The highest BCUT2D eigenvalue weighted by atomic mass is 35.5. The molecular weight excluding hydrogens is 272 g/mol. The van der Waals surface area contributed by atoms with E-state index in [1.807, 2.05) is 18.2 Å². The molecule has 3 rings (SSSR count). The van der Waals surface area contributed by atoms with Crippen LogP contribution in [0, 0.1) is 0 Å². The number of rotatable bonds is 2. The van der Waals surface area contributed by atoms with Crippen LogP contribution in [-0.2, 0) is 0 Å². The molecule has 2 aliphatic heterocycles. The Labute approximate surface area is 125 Å². The lowest BCUT2D eigenvalue weighted by atomic mass is 10.1. The van der Waals surface area contributed by atoms with E-state index in [1.165, 1.54) is 19.3 Å². The molecule has 0 N–H and O–H groups in total. The number of Topliss-reactive ketones (excluding diaryl/α,β-unsaturated/α-hetero) is 1. The molecule has 2 aliphatic rings. The Hall–Kier alpha value is -1.06. The number of benzene rings is 1. The highest BCUT2D eigenvalue weighted by molar-refractivity contribution is 6.34. The molecule has 0 saturated carbocycles. The number of ketones is 1. The minimum atomic E-state index is 0.0243. The highest BCUT2D eigenvalue weighted by Gasteiger charge is 2.34. The monoisotopic (exact) mass is 292 g/mol. The third kappa shape index (κ3) is 2.45. The quantitative estimate of drug-likeness (QED) is 0.782. The SMILES string of the molecule is CC(=O)c1ccc(N2CCC3CCC(C2)N3C)cc1Cl. The van der Waals surface area contributed by atoms with Crippen molar-refractivity contribution >= 4 is 23.1 Å². The van der Waals surface area contributed by atoms with Gasteiger partial charge in [0.25, 0.3) is 0 Å². The minimum Gasteiger partial charge on any atom is -0.370 e. The first-order chi connectivity index (χ1) is 9.56. The van der Waals surface area contributed by atoms with Crippen LogP contribution >= 0.6 is 11.6 Å². The average Bonchev–Trinajstić information content (AvgIpc) is 2.62. The second-order valence-electron chi connectivity index (χ2n) is 6.01. The molecule has 2 saturated heterocycles. The van der Waals surface area contributed by atoms with E-state index < -0.39 is 0 Å². The summed E-state index contributed by atoms with van der Waals surface area (Å²) in [5.74, 6) is 0.0243. The van der Waals surface area contributed by atoms with Gasteiger partial charge in [0.2, 0.25) is 0 Å². The molecule has 2 bridgehead atoms. The van der Waals surface area contributed by atoms with Gasteiger partial charge in [-0.05, 0) is 51.4 Å². The zero-order valence-electron chi connectivity index (χ0n) is 12.1. The highest BCUT2D eigenvalue weighted by Crippen LogP contribution is 2.32. The molecular formula is C16H21ClN2O. The molecule has 3 nitrogen and oxygen atoms in total. The topological polar surface area (TPSA) is 23.6 Å². The van der Waals surface area contributed by atoms with Gasteiger partial charge in [-0.15, -0.1) is 0 Å².